The zero-order valence-corrected chi connectivity index (χ0v) is 19.3. The van der Waals surface area contributed by atoms with Gasteiger partial charge in [0.2, 0.25) is 0 Å². The summed E-state index contributed by atoms with van der Waals surface area (Å²) in [7, 11) is 0. The first-order chi connectivity index (χ1) is 13.1. The summed E-state index contributed by atoms with van der Waals surface area (Å²) >= 11 is 1.98. The molecule has 1 aromatic carbocycles. The molecule has 0 bridgehead atoms. The van der Waals surface area contributed by atoms with E-state index in [0.717, 1.165) is 62.9 Å². The molecule has 2 N–H and O–H groups in total. The lowest BCUT2D eigenvalue weighted by molar-refractivity contribution is -0.0120. The Morgan fingerprint density at radius 3 is 2.75 bits per heavy atom. The number of halogens is 3. The summed E-state index contributed by atoms with van der Waals surface area (Å²) in [5.41, 5.74) is 0.348. The molecule has 0 radical (unpaired) electrons. The molecule has 0 saturated carbocycles. The SMILES string of the molecule is CCNC(=NCc1cc(F)ccc1F)NCC1(N2CCOCC2)CCSC1.I. The Labute approximate surface area is 187 Å². The summed E-state index contributed by atoms with van der Waals surface area (Å²) in [4.78, 5) is 6.99. The van der Waals surface area contributed by atoms with Crippen molar-refractivity contribution in [2.75, 3.05) is 50.9 Å². The highest BCUT2D eigenvalue weighted by molar-refractivity contribution is 14.0. The van der Waals surface area contributed by atoms with Crippen molar-refractivity contribution >= 4 is 41.7 Å². The van der Waals surface area contributed by atoms with Crippen LogP contribution in [0.2, 0.25) is 0 Å². The van der Waals surface area contributed by atoms with Gasteiger partial charge in [-0.2, -0.15) is 11.8 Å². The maximum absolute atomic E-state index is 13.8. The monoisotopic (exact) mass is 526 g/mol. The minimum atomic E-state index is -0.450. The number of guanidine groups is 1. The number of nitrogens with one attached hydrogen (secondary N) is 2. The molecule has 2 aliphatic rings. The van der Waals surface area contributed by atoms with Crippen molar-refractivity contribution in [2.24, 2.45) is 4.99 Å². The summed E-state index contributed by atoms with van der Waals surface area (Å²) < 4.78 is 32.7. The molecular formula is C19H29F2IN4OS. The Hall–Kier alpha value is -0.650. The summed E-state index contributed by atoms with van der Waals surface area (Å²) in [5, 5.41) is 6.64. The molecule has 1 unspecified atom stereocenters. The van der Waals surface area contributed by atoms with Crippen molar-refractivity contribution in [2.45, 2.75) is 25.4 Å². The van der Waals surface area contributed by atoms with Crippen LogP contribution in [-0.2, 0) is 11.3 Å². The fraction of sp³-hybridized carbons (Fsp3) is 0.632. The Morgan fingerprint density at radius 1 is 1.29 bits per heavy atom. The van der Waals surface area contributed by atoms with Crippen LogP contribution < -0.4 is 10.6 Å². The number of thioether (sulfide) groups is 1. The molecule has 28 heavy (non-hydrogen) atoms. The summed E-state index contributed by atoms with van der Waals surface area (Å²) in [6, 6.07) is 3.46. The molecule has 2 saturated heterocycles. The van der Waals surface area contributed by atoms with E-state index >= 15 is 0 Å². The summed E-state index contributed by atoms with van der Waals surface area (Å²) in [5.74, 6) is 1.98. The molecule has 3 rings (SSSR count). The zero-order valence-electron chi connectivity index (χ0n) is 16.2. The Bertz CT molecular complexity index is 653. The van der Waals surface area contributed by atoms with E-state index in [2.05, 4.69) is 20.5 Å². The van der Waals surface area contributed by atoms with E-state index in [1.807, 2.05) is 18.7 Å². The fourth-order valence-corrected chi connectivity index (χ4v) is 5.03. The van der Waals surface area contributed by atoms with Crippen molar-refractivity contribution in [3.05, 3.63) is 35.4 Å². The fourth-order valence-electron chi connectivity index (χ4n) is 3.55. The first-order valence-corrected chi connectivity index (χ1v) is 10.6. The van der Waals surface area contributed by atoms with E-state index in [4.69, 9.17) is 4.74 Å². The lowest BCUT2D eigenvalue weighted by atomic mass is 9.95. The molecule has 0 spiro atoms. The summed E-state index contributed by atoms with van der Waals surface area (Å²) in [6.07, 6.45) is 1.13. The van der Waals surface area contributed by atoms with Gasteiger partial charge in [-0.05, 0) is 37.3 Å². The first-order valence-electron chi connectivity index (χ1n) is 9.50. The maximum atomic E-state index is 13.8. The number of aliphatic imine (C=N–C) groups is 1. The van der Waals surface area contributed by atoms with Crippen molar-refractivity contribution in [1.29, 1.82) is 0 Å². The van der Waals surface area contributed by atoms with Crippen LogP contribution in [0, 0.1) is 11.6 Å². The van der Waals surface area contributed by atoms with Gasteiger partial charge in [0.05, 0.1) is 19.8 Å². The molecule has 9 heteroatoms. The summed E-state index contributed by atoms with van der Waals surface area (Å²) in [6.45, 7) is 7.02. The predicted octanol–water partition coefficient (Wildman–Crippen LogP) is 2.85. The van der Waals surface area contributed by atoms with Gasteiger partial charge >= 0.3 is 0 Å². The molecule has 2 heterocycles. The second-order valence-corrected chi connectivity index (χ2v) is 8.02. The molecule has 0 aromatic heterocycles. The third-order valence-corrected chi connectivity index (χ3v) is 6.34. The number of benzene rings is 1. The average molecular weight is 526 g/mol. The highest BCUT2D eigenvalue weighted by atomic mass is 127. The van der Waals surface area contributed by atoms with Crippen molar-refractivity contribution in [3.8, 4) is 0 Å². The van der Waals surface area contributed by atoms with Crippen LogP contribution in [0.1, 0.15) is 18.9 Å². The highest BCUT2D eigenvalue weighted by Gasteiger charge is 2.40. The topological polar surface area (TPSA) is 48.9 Å². The standard InChI is InChI=1S/C19H28F2N4OS.HI/c1-2-22-18(23-12-15-11-16(20)3-4-17(15)21)24-13-19(5-10-27-14-19)25-6-8-26-9-7-25;/h3-4,11H,2,5-10,12-14H2,1H3,(H2,22,23,24);1H. The van der Waals surface area contributed by atoms with E-state index < -0.39 is 11.6 Å². The van der Waals surface area contributed by atoms with Crippen LogP contribution in [0.25, 0.3) is 0 Å². The van der Waals surface area contributed by atoms with Crippen molar-refractivity contribution < 1.29 is 13.5 Å². The number of morpholine rings is 1. The van der Waals surface area contributed by atoms with Gasteiger partial charge in [-0.3, -0.25) is 4.90 Å². The minimum absolute atomic E-state index is 0. The van der Waals surface area contributed by atoms with Gasteiger partial charge in [-0.25, -0.2) is 13.8 Å². The van der Waals surface area contributed by atoms with Gasteiger partial charge < -0.3 is 15.4 Å². The van der Waals surface area contributed by atoms with Crippen molar-refractivity contribution in [3.63, 3.8) is 0 Å². The van der Waals surface area contributed by atoms with E-state index in [-0.39, 0.29) is 41.6 Å². The smallest absolute Gasteiger partial charge is 0.191 e. The molecule has 0 amide bonds. The second-order valence-electron chi connectivity index (χ2n) is 6.91. The molecule has 158 valence electrons. The lowest BCUT2D eigenvalue weighted by Crippen LogP contribution is -2.60. The van der Waals surface area contributed by atoms with Crippen LogP contribution in [0.15, 0.2) is 23.2 Å². The molecule has 1 atom stereocenters. The predicted molar refractivity (Wildman–Crippen MR) is 122 cm³/mol. The normalized spacial score (nSPS) is 23.3. The number of hydrogen-bond donors (Lipinski definition) is 2. The first kappa shape index (κ1) is 23.6. The lowest BCUT2D eigenvalue weighted by Gasteiger charge is -2.43. The molecule has 2 fully saturated rings. The van der Waals surface area contributed by atoms with Crippen molar-refractivity contribution in [1.82, 2.24) is 15.5 Å². The third-order valence-electron chi connectivity index (χ3n) is 5.11. The van der Waals surface area contributed by atoms with Gasteiger partial charge in [-0.1, -0.05) is 0 Å². The van der Waals surface area contributed by atoms with E-state index in [9.17, 15) is 8.78 Å². The Kier molecular flexibility index (Phi) is 9.72. The van der Waals surface area contributed by atoms with Crippen LogP contribution >= 0.6 is 35.7 Å². The van der Waals surface area contributed by atoms with Gasteiger partial charge in [0.15, 0.2) is 5.96 Å². The number of hydrogen-bond acceptors (Lipinski definition) is 4. The largest absolute Gasteiger partial charge is 0.379 e. The highest BCUT2D eigenvalue weighted by Crippen LogP contribution is 2.33. The molecule has 0 aliphatic carbocycles. The molecular weight excluding hydrogens is 497 g/mol. The van der Waals surface area contributed by atoms with Crippen LogP contribution in [0.3, 0.4) is 0 Å². The molecule has 5 nitrogen and oxygen atoms in total. The average Bonchev–Trinajstić information content (AvgIpc) is 3.17. The number of nitrogens with zero attached hydrogens (tertiary/aromatic N) is 2. The van der Waals surface area contributed by atoms with E-state index in [1.165, 1.54) is 6.07 Å². The van der Waals surface area contributed by atoms with Gasteiger partial charge in [0.25, 0.3) is 0 Å². The van der Waals surface area contributed by atoms with Crippen LogP contribution in [0.5, 0.6) is 0 Å². The van der Waals surface area contributed by atoms with Crippen LogP contribution in [-0.4, -0.2) is 67.3 Å². The van der Waals surface area contributed by atoms with Gasteiger partial charge in [0, 0.05) is 43.0 Å². The number of rotatable bonds is 6. The second kappa shape index (κ2) is 11.5. The minimum Gasteiger partial charge on any atom is -0.379 e. The molecule has 1 aromatic rings. The number of ether oxygens (including phenoxy) is 1. The Morgan fingerprint density at radius 2 is 2.07 bits per heavy atom. The maximum Gasteiger partial charge on any atom is 0.191 e. The quantitative estimate of drug-likeness (QED) is 0.340. The van der Waals surface area contributed by atoms with E-state index in [0.29, 0.717) is 12.5 Å². The third kappa shape index (κ3) is 6.17. The Balaban J connectivity index is 0.00000280. The van der Waals surface area contributed by atoms with E-state index in [1.54, 1.807) is 0 Å². The van der Waals surface area contributed by atoms with Gasteiger partial charge in [0.1, 0.15) is 11.6 Å². The van der Waals surface area contributed by atoms with Gasteiger partial charge in [-0.15, -0.1) is 24.0 Å². The molecule has 2 aliphatic heterocycles. The van der Waals surface area contributed by atoms with Crippen LogP contribution in [0.4, 0.5) is 8.78 Å². The zero-order chi connectivity index (χ0) is 19.1.